The number of amides is 1. The van der Waals surface area contributed by atoms with Crippen molar-refractivity contribution in [3.05, 3.63) is 23.8 Å². The number of ether oxygens (including phenoxy) is 4. The lowest BCUT2D eigenvalue weighted by atomic mass is 10.1. The summed E-state index contributed by atoms with van der Waals surface area (Å²) in [6.07, 6.45) is 16.9. The maximum absolute atomic E-state index is 12.1. The van der Waals surface area contributed by atoms with Crippen LogP contribution in [-0.4, -0.2) is 55.6 Å². The summed E-state index contributed by atoms with van der Waals surface area (Å²) in [4.78, 5) is 34.3. The van der Waals surface area contributed by atoms with Gasteiger partial charge in [0.15, 0.2) is 0 Å². The van der Waals surface area contributed by atoms with E-state index in [9.17, 15) is 14.4 Å². The predicted octanol–water partition coefficient (Wildman–Crippen LogP) is 8.47. The third-order valence-electron chi connectivity index (χ3n) is 6.86. The molecule has 43 heavy (non-hydrogen) atoms. The van der Waals surface area contributed by atoms with Crippen LogP contribution in [0.4, 0.5) is 4.79 Å². The van der Waals surface area contributed by atoms with E-state index in [-0.39, 0.29) is 12.5 Å². The largest absolute Gasteiger partial charge is 0.493 e. The van der Waals surface area contributed by atoms with Gasteiger partial charge in [-0.3, -0.25) is 4.79 Å². The summed E-state index contributed by atoms with van der Waals surface area (Å²) in [5.74, 6) is 0.0896. The number of nitrogens with one attached hydrogen (secondary N) is 1. The smallest absolute Gasteiger partial charge is 0.407 e. The minimum atomic E-state index is -0.714. The van der Waals surface area contributed by atoms with Crippen molar-refractivity contribution in [1.82, 2.24) is 5.32 Å². The number of aliphatic carboxylic acids is 1. The Hall–Kier alpha value is -2.97. The molecule has 0 atom stereocenters. The first kappa shape index (κ1) is 38.1. The van der Waals surface area contributed by atoms with E-state index in [4.69, 9.17) is 24.1 Å². The molecule has 9 heteroatoms. The van der Waals surface area contributed by atoms with Crippen LogP contribution in [0.3, 0.4) is 0 Å². The summed E-state index contributed by atoms with van der Waals surface area (Å²) in [6.45, 7) is 7.38. The Morgan fingerprint density at radius 1 is 0.674 bits per heavy atom. The number of carbonyl (C=O) groups is 3. The van der Waals surface area contributed by atoms with Gasteiger partial charge in [-0.25, -0.2) is 9.59 Å². The van der Waals surface area contributed by atoms with E-state index in [0.29, 0.717) is 36.8 Å². The van der Waals surface area contributed by atoms with Gasteiger partial charge >= 0.3 is 18.0 Å². The Kier molecular flexibility index (Phi) is 20.8. The SMILES string of the molecule is COC(=O)c1cc(OCCCCCCCCCCNC(=O)OC(C)(C)C)cc(OCCCCCCCCCCC(=O)O)c1. The van der Waals surface area contributed by atoms with Crippen LogP contribution in [0.5, 0.6) is 11.5 Å². The normalized spacial score (nSPS) is 11.2. The highest BCUT2D eigenvalue weighted by atomic mass is 16.6. The van der Waals surface area contributed by atoms with Crippen LogP contribution in [0.15, 0.2) is 18.2 Å². The number of unbranched alkanes of at least 4 members (excludes halogenated alkanes) is 14. The molecule has 0 aliphatic rings. The Balaban J connectivity index is 2.17. The molecule has 0 radical (unpaired) electrons. The highest BCUT2D eigenvalue weighted by molar-refractivity contribution is 5.90. The topological polar surface area (TPSA) is 120 Å². The van der Waals surface area contributed by atoms with Crippen LogP contribution >= 0.6 is 0 Å². The number of benzene rings is 1. The number of hydrogen-bond acceptors (Lipinski definition) is 7. The first-order chi connectivity index (χ1) is 20.6. The third kappa shape index (κ3) is 22.3. The maximum atomic E-state index is 12.1. The molecule has 1 aromatic rings. The van der Waals surface area contributed by atoms with Crippen molar-refractivity contribution < 1.29 is 38.4 Å². The molecule has 1 amide bonds. The number of rotatable bonds is 25. The van der Waals surface area contributed by atoms with Gasteiger partial charge < -0.3 is 29.4 Å². The maximum Gasteiger partial charge on any atom is 0.407 e. The van der Waals surface area contributed by atoms with Gasteiger partial charge in [0.2, 0.25) is 0 Å². The Morgan fingerprint density at radius 2 is 1.12 bits per heavy atom. The van der Waals surface area contributed by atoms with Crippen molar-refractivity contribution in [2.24, 2.45) is 0 Å². The second kappa shape index (κ2) is 23.5. The van der Waals surface area contributed by atoms with Crippen LogP contribution in [0.1, 0.15) is 140 Å². The second-order valence-corrected chi connectivity index (χ2v) is 12.1. The number of carbonyl (C=O) groups excluding carboxylic acids is 2. The number of methoxy groups -OCH3 is 1. The number of hydrogen-bond donors (Lipinski definition) is 2. The van der Waals surface area contributed by atoms with Gasteiger partial charge in [0.25, 0.3) is 0 Å². The standard InChI is InChI=1S/C34H57NO8/c1-34(2,3)43-33(39)35-22-18-14-10-6-8-12-16-20-24-42-30-26-28(32(38)40-4)25-29(27-30)41-23-19-15-11-7-5-9-13-17-21-31(36)37/h25-27H,5-24H2,1-4H3,(H,35,39)(H,36,37). The van der Waals surface area contributed by atoms with E-state index in [2.05, 4.69) is 5.32 Å². The summed E-state index contributed by atoms with van der Waals surface area (Å²) in [5.41, 5.74) is -0.0473. The van der Waals surface area contributed by atoms with E-state index in [1.54, 1.807) is 12.1 Å². The molecule has 0 aromatic heterocycles. The molecule has 0 unspecified atom stereocenters. The number of esters is 1. The second-order valence-electron chi connectivity index (χ2n) is 12.1. The monoisotopic (exact) mass is 607 g/mol. The predicted molar refractivity (Wildman–Crippen MR) is 169 cm³/mol. The molecule has 0 fully saturated rings. The highest BCUT2D eigenvalue weighted by Gasteiger charge is 2.15. The fourth-order valence-electron chi connectivity index (χ4n) is 4.59. The van der Waals surface area contributed by atoms with E-state index in [0.717, 1.165) is 89.9 Å². The lowest BCUT2D eigenvalue weighted by Crippen LogP contribution is -2.32. The van der Waals surface area contributed by atoms with Crippen LogP contribution < -0.4 is 14.8 Å². The molecule has 0 saturated heterocycles. The van der Waals surface area contributed by atoms with Gasteiger partial charge in [-0.15, -0.1) is 0 Å². The van der Waals surface area contributed by atoms with Gasteiger partial charge in [0.05, 0.1) is 25.9 Å². The molecule has 0 spiro atoms. The van der Waals surface area contributed by atoms with Crippen molar-refractivity contribution in [1.29, 1.82) is 0 Å². The van der Waals surface area contributed by atoms with Gasteiger partial charge in [-0.05, 0) is 58.6 Å². The summed E-state index contributed by atoms with van der Waals surface area (Å²) < 4.78 is 22.0. The highest BCUT2D eigenvalue weighted by Crippen LogP contribution is 2.24. The molecule has 0 aliphatic heterocycles. The molecule has 0 heterocycles. The average molecular weight is 608 g/mol. The average Bonchev–Trinajstić information content (AvgIpc) is 2.94. The van der Waals surface area contributed by atoms with Crippen LogP contribution in [0.25, 0.3) is 0 Å². The number of carboxylic acids is 1. The summed E-state index contributed by atoms with van der Waals surface area (Å²) in [7, 11) is 1.36. The van der Waals surface area contributed by atoms with Crippen LogP contribution in [-0.2, 0) is 14.3 Å². The molecule has 0 bridgehead atoms. The zero-order valence-electron chi connectivity index (χ0n) is 27.2. The lowest BCUT2D eigenvalue weighted by Gasteiger charge is -2.19. The Bertz CT molecular complexity index is 912. The summed E-state index contributed by atoms with van der Waals surface area (Å²) in [6, 6.07) is 5.23. The number of alkyl carbamates (subject to hydrolysis) is 1. The summed E-state index contributed by atoms with van der Waals surface area (Å²) >= 11 is 0. The van der Waals surface area contributed by atoms with Gasteiger partial charge in [0, 0.05) is 19.0 Å². The zero-order chi connectivity index (χ0) is 31.8. The van der Waals surface area contributed by atoms with Crippen molar-refractivity contribution in [3.8, 4) is 11.5 Å². The Morgan fingerprint density at radius 3 is 1.56 bits per heavy atom. The quantitative estimate of drug-likeness (QED) is 0.0839. The molecule has 1 rings (SSSR count). The van der Waals surface area contributed by atoms with Gasteiger partial charge in [-0.2, -0.15) is 0 Å². The Labute approximate surface area is 259 Å². The van der Waals surface area contributed by atoms with Gasteiger partial charge in [-0.1, -0.05) is 77.0 Å². The molecule has 0 aliphatic carbocycles. The van der Waals surface area contributed by atoms with Crippen LogP contribution in [0.2, 0.25) is 0 Å². The first-order valence-electron chi connectivity index (χ1n) is 16.3. The zero-order valence-corrected chi connectivity index (χ0v) is 27.2. The van der Waals surface area contributed by atoms with Crippen molar-refractivity contribution in [3.63, 3.8) is 0 Å². The number of carboxylic acid groups (broad SMARTS) is 1. The summed E-state index contributed by atoms with van der Waals surface area (Å²) in [5, 5.41) is 11.5. The minimum absolute atomic E-state index is 0.266. The first-order valence-corrected chi connectivity index (χ1v) is 16.3. The van der Waals surface area contributed by atoms with E-state index >= 15 is 0 Å². The minimum Gasteiger partial charge on any atom is -0.493 e. The molecule has 2 N–H and O–H groups in total. The van der Waals surface area contributed by atoms with E-state index < -0.39 is 17.5 Å². The molecular weight excluding hydrogens is 550 g/mol. The molecule has 0 saturated carbocycles. The fraction of sp³-hybridized carbons (Fsp3) is 0.735. The molecule has 9 nitrogen and oxygen atoms in total. The van der Waals surface area contributed by atoms with Crippen molar-refractivity contribution in [2.45, 2.75) is 136 Å². The fourth-order valence-corrected chi connectivity index (χ4v) is 4.59. The van der Waals surface area contributed by atoms with Crippen molar-refractivity contribution in [2.75, 3.05) is 26.9 Å². The van der Waals surface area contributed by atoms with E-state index in [1.807, 2.05) is 26.8 Å². The van der Waals surface area contributed by atoms with Crippen LogP contribution in [0, 0.1) is 0 Å². The van der Waals surface area contributed by atoms with E-state index in [1.165, 1.54) is 20.0 Å². The van der Waals surface area contributed by atoms with Gasteiger partial charge in [0.1, 0.15) is 17.1 Å². The molecule has 1 aromatic carbocycles. The lowest BCUT2D eigenvalue weighted by molar-refractivity contribution is -0.137. The molecular formula is C34H57NO8. The third-order valence-corrected chi connectivity index (χ3v) is 6.86. The van der Waals surface area contributed by atoms with Crippen molar-refractivity contribution >= 4 is 18.0 Å². The molecule has 246 valence electrons.